The molecule has 1 heterocycles. The summed E-state index contributed by atoms with van der Waals surface area (Å²) in [5, 5.41) is 0. The summed E-state index contributed by atoms with van der Waals surface area (Å²) in [5.41, 5.74) is 1.78. The van der Waals surface area contributed by atoms with E-state index in [-0.39, 0.29) is 5.78 Å². The molecule has 0 fully saturated rings. The highest BCUT2D eigenvalue weighted by molar-refractivity contribution is 5.94. The van der Waals surface area contributed by atoms with E-state index in [0.717, 1.165) is 5.56 Å². The molecule has 16 heavy (non-hydrogen) atoms. The largest absolute Gasteiger partial charge is 0.295 e. The maximum atomic E-state index is 13.4. The van der Waals surface area contributed by atoms with Gasteiger partial charge in [-0.15, -0.1) is 0 Å². The SMILES string of the molecule is CC(=O)c1ccc(-c2cccnc2F)cc1. The van der Waals surface area contributed by atoms with Crippen molar-refractivity contribution in [1.82, 2.24) is 4.98 Å². The van der Waals surface area contributed by atoms with Crippen LogP contribution in [0.1, 0.15) is 17.3 Å². The molecule has 0 amide bonds. The molecule has 0 aliphatic rings. The van der Waals surface area contributed by atoms with Crippen LogP contribution in [0.25, 0.3) is 11.1 Å². The number of ketones is 1. The van der Waals surface area contributed by atoms with Crippen molar-refractivity contribution in [2.24, 2.45) is 0 Å². The number of nitrogens with zero attached hydrogens (tertiary/aromatic N) is 1. The molecule has 2 nitrogen and oxygen atoms in total. The van der Waals surface area contributed by atoms with Crippen LogP contribution in [0.15, 0.2) is 42.6 Å². The van der Waals surface area contributed by atoms with Crippen molar-refractivity contribution in [2.45, 2.75) is 6.92 Å². The highest BCUT2D eigenvalue weighted by Gasteiger charge is 2.05. The minimum Gasteiger partial charge on any atom is -0.295 e. The Kier molecular flexibility index (Phi) is 2.77. The third-order valence-corrected chi connectivity index (χ3v) is 2.36. The number of carbonyl (C=O) groups excluding carboxylic acids is 1. The molecule has 1 aromatic heterocycles. The number of Topliss-reactive ketones (excluding diaryl/α,β-unsaturated/α-hetero) is 1. The number of halogens is 1. The zero-order chi connectivity index (χ0) is 11.5. The number of benzene rings is 1. The van der Waals surface area contributed by atoms with Crippen molar-refractivity contribution >= 4 is 5.78 Å². The fourth-order valence-electron chi connectivity index (χ4n) is 1.49. The molecule has 0 aliphatic carbocycles. The smallest absolute Gasteiger partial charge is 0.220 e. The van der Waals surface area contributed by atoms with E-state index in [1.807, 2.05) is 0 Å². The first-order valence-corrected chi connectivity index (χ1v) is 4.90. The normalized spacial score (nSPS) is 10.1. The Hall–Kier alpha value is -2.03. The van der Waals surface area contributed by atoms with Crippen molar-refractivity contribution in [1.29, 1.82) is 0 Å². The molecule has 2 rings (SSSR count). The number of rotatable bonds is 2. The summed E-state index contributed by atoms with van der Waals surface area (Å²) in [6, 6.07) is 10.1. The molecule has 0 aliphatic heterocycles. The zero-order valence-corrected chi connectivity index (χ0v) is 8.77. The Morgan fingerprint density at radius 1 is 1.19 bits per heavy atom. The van der Waals surface area contributed by atoms with Crippen LogP contribution in [-0.2, 0) is 0 Å². The number of hydrogen-bond donors (Lipinski definition) is 0. The van der Waals surface area contributed by atoms with Crippen molar-refractivity contribution in [3.8, 4) is 11.1 Å². The van der Waals surface area contributed by atoms with Crippen molar-refractivity contribution < 1.29 is 9.18 Å². The lowest BCUT2D eigenvalue weighted by atomic mass is 10.0. The van der Waals surface area contributed by atoms with Gasteiger partial charge in [0.25, 0.3) is 0 Å². The van der Waals surface area contributed by atoms with Gasteiger partial charge in [-0.1, -0.05) is 24.3 Å². The van der Waals surface area contributed by atoms with Crippen molar-refractivity contribution in [3.05, 3.63) is 54.1 Å². The number of aromatic nitrogens is 1. The summed E-state index contributed by atoms with van der Waals surface area (Å²) < 4.78 is 13.4. The van der Waals surface area contributed by atoms with Crippen LogP contribution in [0.4, 0.5) is 4.39 Å². The molecule has 0 unspecified atom stereocenters. The van der Waals surface area contributed by atoms with E-state index in [4.69, 9.17) is 0 Å². The Bertz CT molecular complexity index is 520. The van der Waals surface area contributed by atoms with Gasteiger partial charge in [-0.3, -0.25) is 4.79 Å². The highest BCUT2D eigenvalue weighted by atomic mass is 19.1. The fourth-order valence-corrected chi connectivity index (χ4v) is 1.49. The minimum absolute atomic E-state index is 0.00166. The van der Waals surface area contributed by atoms with E-state index >= 15 is 0 Å². The second-order valence-corrected chi connectivity index (χ2v) is 3.48. The van der Waals surface area contributed by atoms with Gasteiger partial charge in [0.15, 0.2) is 5.78 Å². The second kappa shape index (κ2) is 4.23. The average Bonchev–Trinajstić information content (AvgIpc) is 2.30. The van der Waals surface area contributed by atoms with Gasteiger partial charge in [-0.2, -0.15) is 4.39 Å². The first-order valence-electron chi connectivity index (χ1n) is 4.90. The molecule has 80 valence electrons. The second-order valence-electron chi connectivity index (χ2n) is 3.48. The van der Waals surface area contributed by atoms with E-state index in [1.54, 1.807) is 36.4 Å². The van der Waals surface area contributed by atoms with Crippen LogP contribution in [-0.4, -0.2) is 10.8 Å². The van der Waals surface area contributed by atoms with E-state index < -0.39 is 5.95 Å². The Labute approximate surface area is 92.8 Å². The van der Waals surface area contributed by atoms with Crippen LogP contribution >= 0.6 is 0 Å². The summed E-state index contributed by atoms with van der Waals surface area (Å²) in [7, 11) is 0. The molecule has 0 atom stereocenters. The molecular formula is C13H10FNO. The molecular weight excluding hydrogens is 205 g/mol. The zero-order valence-electron chi connectivity index (χ0n) is 8.77. The van der Waals surface area contributed by atoms with Gasteiger partial charge < -0.3 is 0 Å². The quantitative estimate of drug-likeness (QED) is 0.569. The molecule has 0 bridgehead atoms. The third-order valence-electron chi connectivity index (χ3n) is 2.36. The number of pyridine rings is 1. The van der Waals surface area contributed by atoms with E-state index in [1.165, 1.54) is 13.1 Å². The monoisotopic (exact) mass is 215 g/mol. The van der Waals surface area contributed by atoms with Crippen LogP contribution in [0.2, 0.25) is 0 Å². The van der Waals surface area contributed by atoms with Gasteiger partial charge in [-0.05, 0) is 24.6 Å². The van der Waals surface area contributed by atoms with Gasteiger partial charge in [0.1, 0.15) is 0 Å². The standard InChI is InChI=1S/C13H10FNO/c1-9(16)10-4-6-11(7-5-10)12-3-2-8-15-13(12)14/h2-8H,1H3. The molecule has 0 radical (unpaired) electrons. The van der Waals surface area contributed by atoms with E-state index in [2.05, 4.69) is 4.98 Å². The fraction of sp³-hybridized carbons (Fsp3) is 0.0769. The molecule has 1 aromatic carbocycles. The molecule has 0 saturated heterocycles. The van der Waals surface area contributed by atoms with E-state index in [9.17, 15) is 9.18 Å². The summed E-state index contributed by atoms with van der Waals surface area (Å²) in [4.78, 5) is 14.7. The van der Waals surface area contributed by atoms with Crippen molar-refractivity contribution in [3.63, 3.8) is 0 Å². The third kappa shape index (κ3) is 1.98. The lowest BCUT2D eigenvalue weighted by Crippen LogP contribution is -1.92. The summed E-state index contributed by atoms with van der Waals surface area (Å²) >= 11 is 0. The van der Waals surface area contributed by atoms with E-state index in [0.29, 0.717) is 11.1 Å². The summed E-state index contributed by atoms with van der Waals surface area (Å²) in [6.45, 7) is 1.50. The highest BCUT2D eigenvalue weighted by Crippen LogP contribution is 2.21. The molecule has 0 saturated carbocycles. The number of hydrogen-bond acceptors (Lipinski definition) is 2. The number of carbonyl (C=O) groups is 1. The maximum absolute atomic E-state index is 13.4. The summed E-state index contributed by atoms with van der Waals surface area (Å²) in [6.07, 6.45) is 1.41. The maximum Gasteiger partial charge on any atom is 0.220 e. The van der Waals surface area contributed by atoms with Gasteiger partial charge in [0.2, 0.25) is 5.95 Å². The van der Waals surface area contributed by atoms with Gasteiger partial charge in [-0.25, -0.2) is 4.98 Å². The van der Waals surface area contributed by atoms with Gasteiger partial charge >= 0.3 is 0 Å². The predicted octanol–water partition coefficient (Wildman–Crippen LogP) is 3.09. The predicted molar refractivity (Wildman–Crippen MR) is 59.6 cm³/mol. The molecule has 3 heteroatoms. The Morgan fingerprint density at radius 3 is 2.44 bits per heavy atom. The molecule has 0 N–H and O–H groups in total. The molecule has 0 spiro atoms. The first-order chi connectivity index (χ1) is 7.68. The Morgan fingerprint density at radius 2 is 1.88 bits per heavy atom. The van der Waals surface area contributed by atoms with Crippen LogP contribution in [0.5, 0.6) is 0 Å². The summed E-state index contributed by atoms with van der Waals surface area (Å²) in [5.74, 6) is -0.503. The van der Waals surface area contributed by atoms with Gasteiger partial charge in [0.05, 0.1) is 0 Å². The first kappa shape index (κ1) is 10.5. The molecule has 2 aromatic rings. The van der Waals surface area contributed by atoms with Crippen LogP contribution < -0.4 is 0 Å². The average molecular weight is 215 g/mol. The lowest BCUT2D eigenvalue weighted by molar-refractivity contribution is 0.101. The topological polar surface area (TPSA) is 30.0 Å². The minimum atomic E-state index is -0.502. The van der Waals surface area contributed by atoms with Gasteiger partial charge in [0, 0.05) is 17.3 Å². The Balaban J connectivity index is 2.43. The van der Waals surface area contributed by atoms with Crippen LogP contribution in [0, 0.1) is 5.95 Å². The van der Waals surface area contributed by atoms with Crippen molar-refractivity contribution in [2.75, 3.05) is 0 Å². The van der Waals surface area contributed by atoms with Crippen LogP contribution in [0.3, 0.4) is 0 Å². The lowest BCUT2D eigenvalue weighted by Gasteiger charge is -2.02.